The third-order valence-electron chi connectivity index (χ3n) is 9.71. The highest BCUT2D eigenvalue weighted by atomic mass is 16.6. The van der Waals surface area contributed by atoms with E-state index in [1.165, 1.54) is 0 Å². The molecule has 0 radical (unpaired) electrons. The Morgan fingerprint density at radius 3 is 1.07 bits per heavy atom. The third-order valence-corrected chi connectivity index (χ3v) is 9.71. The molecule has 0 amide bonds. The summed E-state index contributed by atoms with van der Waals surface area (Å²) >= 11 is 0. The number of aliphatic hydroxyl groups is 1. The number of benzene rings is 5. The Morgan fingerprint density at radius 2 is 0.679 bits per heavy atom. The molecule has 0 spiro atoms. The summed E-state index contributed by atoms with van der Waals surface area (Å²) in [4.78, 5) is 0. The summed E-state index contributed by atoms with van der Waals surface area (Å²) in [5, 5.41) is 12.3. The van der Waals surface area contributed by atoms with Gasteiger partial charge in [0.2, 0.25) is 0 Å². The first-order valence-corrected chi connectivity index (χ1v) is 18.8. The summed E-state index contributed by atoms with van der Waals surface area (Å²) in [5.74, 6) is 2.22. The van der Waals surface area contributed by atoms with Gasteiger partial charge in [-0.2, -0.15) is 0 Å². The third kappa shape index (κ3) is 11.6. The Bertz CT molecular complexity index is 1820. The van der Waals surface area contributed by atoms with E-state index in [2.05, 4.69) is 0 Å². The number of methoxy groups -OCH3 is 3. The molecule has 5 aromatic carbocycles. The zero-order valence-electron chi connectivity index (χ0n) is 32.2. The van der Waals surface area contributed by atoms with Crippen LogP contribution in [0.1, 0.15) is 27.8 Å². The molecule has 56 heavy (non-hydrogen) atoms. The molecule has 1 aliphatic carbocycles. The van der Waals surface area contributed by atoms with Gasteiger partial charge in [0, 0.05) is 0 Å². The summed E-state index contributed by atoms with van der Waals surface area (Å²) in [6.45, 7) is 1.85. The molecular weight excluding hydrogens is 712 g/mol. The van der Waals surface area contributed by atoms with Crippen LogP contribution in [0.15, 0.2) is 133 Å². The van der Waals surface area contributed by atoms with Crippen LogP contribution in [0.5, 0.6) is 17.2 Å². The molecule has 0 bridgehead atoms. The van der Waals surface area contributed by atoms with Crippen LogP contribution in [-0.4, -0.2) is 76.3 Å². The predicted molar refractivity (Wildman–Crippen MR) is 212 cm³/mol. The lowest BCUT2D eigenvalue weighted by molar-refractivity contribution is -0.282. The van der Waals surface area contributed by atoms with Crippen molar-refractivity contribution in [3.63, 3.8) is 0 Å². The number of ether oxygens (including phenoxy) is 9. The average molecular weight is 765 g/mol. The van der Waals surface area contributed by atoms with Crippen LogP contribution in [0.25, 0.3) is 0 Å². The predicted octanol–water partition coefficient (Wildman–Crippen LogP) is 7.33. The van der Waals surface area contributed by atoms with Gasteiger partial charge in [0.05, 0.1) is 67.6 Å². The molecule has 5 aromatic rings. The van der Waals surface area contributed by atoms with Gasteiger partial charge in [0.25, 0.3) is 0 Å². The molecule has 10 heteroatoms. The van der Waals surface area contributed by atoms with Crippen molar-refractivity contribution in [2.24, 2.45) is 0 Å². The minimum atomic E-state index is -1.17. The number of hydrogen-bond donors (Lipinski definition) is 1. The summed E-state index contributed by atoms with van der Waals surface area (Å²) in [6, 6.07) is 42.9. The van der Waals surface area contributed by atoms with Gasteiger partial charge >= 0.3 is 0 Å². The van der Waals surface area contributed by atoms with Crippen LogP contribution in [0.2, 0.25) is 0 Å². The van der Waals surface area contributed by atoms with Crippen molar-refractivity contribution in [1.82, 2.24) is 0 Å². The van der Waals surface area contributed by atoms with Crippen LogP contribution in [0.4, 0.5) is 0 Å². The molecule has 1 N–H and O–H groups in total. The summed E-state index contributed by atoms with van der Waals surface area (Å²) in [5.41, 5.74) is 4.77. The van der Waals surface area contributed by atoms with Gasteiger partial charge in [-0.1, -0.05) is 97.1 Å². The van der Waals surface area contributed by atoms with Gasteiger partial charge in [0.1, 0.15) is 53.9 Å². The zero-order valence-corrected chi connectivity index (χ0v) is 32.2. The summed E-state index contributed by atoms with van der Waals surface area (Å²) < 4.78 is 55.6. The van der Waals surface area contributed by atoms with Crippen LogP contribution < -0.4 is 14.2 Å². The molecule has 296 valence electrons. The van der Waals surface area contributed by atoms with E-state index in [4.69, 9.17) is 42.6 Å². The minimum Gasteiger partial charge on any atom is -0.497 e. The van der Waals surface area contributed by atoms with Gasteiger partial charge in [-0.15, -0.1) is 0 Å². The molecule has 1 saturated carbocycles. The molecule has 0 heterocycles. The Kier molecular flexibility index (Phi) is 15.7. The van der Waals surface area contributed by atoms with Gasteiger partial charge < -0.3 is 47.7 Å². The van der Waals surface area contributed by atoms with Crippen LogP contribution >= 0.6 is 0 Å². The van der Waals surface area contributed by atoms with Crippen LogP contribution in [0, 0.1) is 0 Å². The first-order valence-electron chi connectivity index (χ1n) is 18.8. The van der Waals surface area contributed by atoms with Crippen molar-refractivity contribution >= 4 is 0 Å². The quantitative estimate of drug-likeness (QED) is 0.0765. The Labute approximate surface area is 329 Å². The Morgan fingerprint density at radius 1 is 0.357 bits per heavy atom. The molecule has 0 saturated heterocycles. The molecule has 1 fully saturated rings. The fraction of sp³-hybridized carbons (Fsp3) is 0.348. The zero-order chi connectivity index (χ0) is 39.0. The molecule has 0 aliphatic heterocycles. The smallest absolute Gasteiger partial charge is 0.118 e. The van der Waals surface area contributed by atoms with Crippen molar-refractivity contribution in [3.05, 3.63) is 161 Å². The van der Waals surface area contributed by atoms with Gasteiger partial charge in [-0.3, -0.25) is 0 Å². The first kappa shape index (κ1) is 40.9. The van der Waals surface area contributed by atoms with E-state index in [1.54, 1.807) is 21.3 Å². The lowest BCUT2D eigenvalue weighted by Crippen LogP contribution is -2.67. The van der Waals surface area contributed by atoms with Crippen molar-refractivity contribution in [1.29, 1.82) is 0 Å². The second-order valence-electron chi connectivity index (χ2n) is 13.5. The minimum absolute atomic E-state index is 0.198. The lowest BCUT2D eigenvalue weighted by atomic mass is 9.83. The molecular formula is C46H52O10. The van der Waals surface area contributed by atoms with E-state index >= 15 is 0 Å². The number of rotatable bonds is 21. The van der Waals surface area contributed by atoms with Crippen molar-refractivity contribution in [2.75, 3.05) is 34.5 Å². The molecule has 0 unspecified atom stereocenters. The highest BCUT2D eigenvalue weighted by Gasteiger charge is 2.54. The van der Waals surface area contributed by atoms with Crippen molar-refractivity contribution in [2.45, 2.75) is 69.7 Å². The second kappa shape index (κ2) is 21.5. The monoisotopic (exact) mass is 764 g/mol. The van der Waals surface area contributed by atoms with Crippen molar-refractivity contribution < 1.29 is 47.7 Å². The van der Waals surface area contributed by atoms with Gasteiger partial charge in [0.15, 0.2) is 0 Å². The molecule has 0 aromatic heterocycles. The highest BCUT2D eigenvalue weighted by Crippen LogP contribution is 2.35. The van der Waals surface area contributed by atoms with Crippen molar-refractivity contribution in [3.8, 4) is 17.2 Å². The average Bonchev–Trinajstić information content (AvgIpc) is 3.26. The normalized spacial score (nSPS) is 20.7. The van der Waals surface area contributed by atoms with Gasteiger partial charge in [-0.05, 0) is 64.2 Å². The molecule has 6 rings (SSSR count). The standard InChI is InChI=1S/C46H52O10/c1-48-38-20-14-35(15-21-38)30-53-43-41(47)42(52-27-26-51-28-33-10-6-4-7-11-33)44(54-31-36-16-22-39(49-2)23-17-36)46(56-29-34-12-8-5-9-13-34)45(43)55-32-37-18-24-40(50-3)25-19-37/h4-25,41-47H,26-32H2,1-3H3/t41-,42+,43-,44-,45+,46+/m1/s1. The van der Waals surface area contributed by atoms with E-state index in [1.807, 2.05) is 133 Å². The Hall–Kier alpha value is -4.78. The van der Waals surface area contributed by atoms with Gasteiger partial charge in [-0.25, -0.2) is 0 Å². The fourth-order valence-electron chi connectivity index (χ4n) is 6.61. The number of aliphatic hydroxyl groups excluding tert-OH is 1. The van der Waals surface area contributed by atoms with E-state index in [0.717, 1.165) is 45.1 Å². The summed E-state index contributed by atoms with van der Waals surface area (Å²) in [7, 11) is 4.90. The highest BCUT2D eigenvalue weighted by molar-refractivity contribution is 5.29. The number of hydrogen-bond acceptors (Lipinski definition) is 10. The molecule has 10 nitrogen and oxygen atoms in total. The van der Waals surface area contributed by atoms with E-state index in [0.29, 0.717) is 13.2 Å². The fourth-order valence-corrected chi connectivity index (χ4v) is 6.61. The van der Waals surface area contributed by atoms with E-state index < -0.39 is 36.6 Å². The summed E-state index contributed by atoms with van der Waals surface area (Å²) in [6.07, 6.45) is -5.18. The first-order chi connectivity index (χ1) is 27.5. The van der Waals surface area contributed by atoms with Crippen LogP contribution in [-0.2, 0) is 61.5 Å². The lowest BCUT2D eigenvalue weighted by Gasteiger charge is -2.48. The molecule has 1 aliphatic rings. The SMILES string of the molecule is COc1ccc(CO[C@@H]2[C@@H](OCc3ccccc3)[C@H](OCc3ccc(OC)cc3)[C@@H](OCCOCc3ccccc3)[C@@H](O)[C@H]2OCc2ccc(OC)cc2)cc1. The molecule has 6 atom stereocenters. The Balaban J connectivity index is 1.30. The van der Waals surface area contributed by atoms with E-state index in [9.17, 15) is 5.11 Å². The maximum Gasteiger partial charge on any atom is 0.118 e. The second-order valence-corrected chi connectivity index (χ2v) is 13.5. The maximum atomic E-state index is 12.3. The maximum absolute atomic E-state index is 12.3. The topological polar surface area (TPSA) is 103 Å². The van der Waals surface area contributed by atoms with E-state index in [-0.39, 0.29) is 33.0 Å². The van der Waals surface area contributed by atoms with Crippen LogP contribution in [0.3, 0.4) is 0 Å². The largest absolute Gasteiger partial charge is 0.497 e.